The van der Waals surface area contributed by atoms with Crippen LogP contribution in [-0.2, 0) is 0 Å². The quantitative estimate of drug-likeness (QED) is 0.176. The van der Waals surface area contributed by atoms with E-state index in [1.807, 2.05) is 12.1 Å². The Hall–Kier alpha value is -2.63. The summed E-state index contributed by atoms with van der Waals surface area (Å²) >= 11 is 13.3. The second-order valence-electron chi connectivity index (χ2n) is 6.36. The van der Waals surface area contributed by atoms with Crippen LogP contribution in [0.3, 0.4) is 0 Å². The Balaban J connectivity index is 1.52. The number of aromatic nitrogens is 1. The van der Waals surface area contributed by atoms with Gasteiger partial charge in [-0.25, -0.2) is 13.8 Å². The van der Waals surface area contributed by atoms with Gasteiger partial charge in [0.2, 0.25) is 5.89 Å². The molecule has 0 atom stereocenters. The maximum absolute atomic E-state index is 13.6. The number of nitrogens with one attached hydrogen (secondary N) is 2. The van der Waals surface area contributed by atoms with Crippen molar-refractivity contribution in [2.45, 2.75) is 0 Å². The molecule has 10 heteroatoms. The smallest absolute Gasteiger partial charge is 0.257 e. The van der Waals surface area contributed by atoms with Crippen molar-refractivity contribution in [3.63, 3.8) is 0 Å². The monoisotopic (exact) mass is 569 g/mol. The van der Waals surface area contributed by atoms with Crippen LogP contribution >= 0.6 is 46.4 Å². The molecule has 0 saturated carbocycles. The standard InChI is InChI=1S/C21H11ClF2IN3O2S/c22-14-9-16(24)15(23)8-13(14)20-27-17-7-12(5-6-18(17)30-20)26-21(31)28-19(29)10-1-3-11(25)4-2-10/h1-9H,(H2,26,28,29,31). The molecule has 0 bridgehead atoms. The second kappa shape index (κ2) is 8.85. The van der Waals surface area contributed by atoms with Crippen LogP contribution in [0, 0.1) is 15.2 Å². The summed E-state index contributed by atoms with van der Waals surface area (Å²) in [5, 5.41) is 5.59. The molecular weight excluding hydrogens is 559 g/mol. The lowest BCUT2D eigenvalue weighted by Crippen LogP contribution is -2.34. The molecule has 0 spiro atoms. The number of carbonyl (C=O) groups is 1. The summed E-state index contributed by atoms with van der Waals surface area (Å²) in [6.07, 6.45) is 0. The molecule has 3 aromatic carbocycles. The highest BCUT2D eigenvalue weighted by molar-refractivity contribution is 14.1. The Morgan fingerprint density at radius 3 is 2.52 bits per heavy atom. The number of amides is 1. The molecule has 0 saturated heterocycles. The molecule has 4 aromatic rings. The summed E-state index contributed by atoms with van der Waals surface area (Å²) in [7, 11) is 0. The van der Waals surface area contributed by atoms with Crippen LogP contribution in [0.25, 0.3) is 22.6 Å². The Kier molecular flexibility index (Phi) is 6.17. The lowest BCUT2D eigenvalue weighted by atomic mass is 10.2. The number of rotatable bonds is 3. The van der Waals surface area contributed by atoms with Gasteiger partial charge in [-0.3, -0.25) is 10.1 Å². The van der Waals surface area contributed by atoms with Gasteiger partial charge in [-0.05, 0) is 89.4 Å². The number of oxazole rings is 1. The molecule has 31 heavy (non-hydrogen) atoms. The minimum atomic E-state index is -1.06. The van der Waals surface area contributed by atoms with E-state index < -0.39 is 11.6 Å². The average molecular weight is 570 g/mol. The zero-order valence-corrected chi connectivity index (χ0v) is 19.1. The number of fused-ring (bicyclic) bond motifs is 1. The van der Waals surface area contributed by atoms with E-state index in [0.717, 1.165) is 15.7 Å². The fourth-order valence-corrected chi connectivity index (χ4v) is 3.55. The summed E-state index contributed by atoms with van der Waals surface area (Å²) < 4.78 is 33.5. The Labute approximate surface area is 198 Å². The highest BCUT2D eigenvalue weighted by Gasteiger charge is 2.16. The summed E-state index contributed by atoms with van der Waals surface area (Å²) in [5.41, 5.74) is 2.01. The largest absolute Gasteiger partial charge is 0.436 e. The predicted molar refractivity (Wildman–Crippen MR) is 127 cm³/mol. The molecule has 1 aromatic heterocycles. The molecule has 4 rings (SSSR count). The van der Waals surface area contributed by atoms with Gasteiger partial charge in [-0.15, -0.1) is 0 Å². The number of halogens is 4. The molecule has 0 aliphatic carbocycles. The molecule has 0 aliphatic rings. The van der Waals surface area contributed by atoms with E-state index in [1.54, 1.807) is 30.3 Å². The van der Waals surface area contributed by atoms with E-state index in [4.69, 9.17) is 28.2 Å². The van der Waals surface area contributed by atoms with E-state index in [2.05, 4.69) is 38.2 Å². The van der Waals surface area contributed by atoms with Crippen LogP contribution < -0.4 is 10.6 Å². The van der Waals surface area contributed by atoms with Crippen molar-refractivity contribution in [1.29, 1.82) is 0 Å². The number of nitrogens with zero attached hydrogens (tertiary/aromatic N) is 1. The minimum absolute atomic E-state index is 0.0247. The predicted octanol–water partition coefficient (Wildman–Crippen LogP) is 6.16. The third-order valence-corrected chi connectivity index (χ3v) is 5.46. The lowest BCUT2D eigenvalue weighted by molar-refractivity contribution is 0.0977. The second-order valence-corrected chi connectivity index (χ2v) is 8.42. The fourth-order valence-electron chi connectivity index (χ4n) is 2.75. The Morgan fingerprint density at radius 1 is 1.06 bits per heavy atom. The van der Waals surface area contributed by atoms with E-state index >= 15 is 0 Å². The molecule has 1 amide bonds. The Morgan fingerprint density at radius 2 is 1.77 bits per heavy atom. The number of hydrogen-bond donors (Lipinski definition) is 2. The highest BCUT2D eigenvalue weighted by Crippen LogP contribution is 2.32. The molecule has 5 nitrogen and oxygen atoms in total. The molecule has 0 aliphatic heterocycles. The fraction of sp³-hybridized carbons (Fsp3) is 0. The van der Waals surface area contributed by atoms with Crippen molar-refractivity contribution in [2.75, 3.05) is 5.32 Å². The van der Waals surface area contributed by atoms with E-state index in [9.17, 15) is 13.6 Å². The van der Waals surface area contributed by atoms with Crippen LogP contribution in [-0.4, -0.2) is 16.0 Å². The third kappa shape index (κ3) is 4.83. The van der Waals surface area contributed by atoms with Crippen molar-refractivity contribution in [3.05, 3.63) is 80.4 Å². The number of thiocarbonyl (C=S) groups is 1. The van der Waals surface area contributed by atoms with Crippen LogP contribution in [0.2, 0.25) is 5.02 Å². The molecule has 0 fully saturated rings. The van der Waals surface area contributed by atoms with Crippen molar-refractivity contribution in [3.8, 4) is 11.5 Å². The summed E-state index contributed by atoms with van der Waals surface area (Å²) in [5.74, 6) is -2.41. The first-order valence-electron chi connectivity index (χ1n) is 8.73. The van der Waals surface area contributed by atoms with Gasteiger partial charge in [0.25, 0.3) is 5.91 Å². The zero-order chi connectivity index (χ0) is 22.1. The van der Waals surface area contributed by atoms with E-state index in [-0.39, 0.29) is 27.5 Å². The average Bonchev–Trinajstić information content (AvgIpc) is 3.14. The van der Waals surface area contributed by atoms with Crippen molar-refractivity contribution < 1.29 is 18.0 Å². The first-order valence-corrected chi connectivity index (χ1v) is 10.6. The first-order chi connectivity index (χ1) is 14.8. The maximum atomic E-state index is 13.6. The Bertz CT molecular complexity index is 1330. The third-order valence-electron chi connectivity index (χ3n) is 4.22. The topological polar surface area (TPSA) is 67.2 Å². The number of hydrogen-bond acceptors (Lipinski definition) is 4. The van der Waals surface area contributed by atoms with Gasteiger partial charge in [0.05, 0.1) is 10.6 Å². The summed E-state index contributed by atoms with van der Waals surface area (Å²) in [6, 6.07) is 13.8. The van der Waals surface area contributed by atoms with Gasteiger partial charge in [0, 0.05) is 14.8 Å². The number of benzene rings is 3. The first kappa shape index (κ1) is 21.6. The maximum Gasteiger partial charge on any atom is 0.257 e. The zero-order valence-electron chi connectivity index (χ0n) is 15.4. The normalized spacial score (nSPS) is 10.8. The summed E-state index contributed by atoms with van der Waals surface area (Å²) in [6.45, 7) is 0. The van der Waals surface area contributed by atoms with E-state index in [0.29, 0.717) is 22.4 Å². The molecule has 0 unspecified atom stereocenters. The van der Waals surface area contributed by atoms with Gasteiger partial charge in [-0.1, -0.05) is 11.6 Å². The minimum Gasteiger partial charge on any atom is -0.436 e. The van der Waals surface area contributed by atoms with Gasteiger partial charge in [0.1, 0.15) is 5.52 Å². The van der Waals surface area contributed by atoms with Crippen molar-refractivity contribution in [1.82, 2.24) is 10.3 Å². The van der Waals surface area contributed by atoms with Crippen LogP contribution in [0.5, 0.6) is 0 Å². The number of carbonyl (C=O) groups excluding carboxylic acids is 1. The number of anilines is 1. The van der Waals surface area contributed by atoms with Gasteiger partial charge >= 0.3 is 0 Å². The molecule has 2 N–H and O–H groups in total. The van der Waals surface area contributed by atoms with Gasteiger partial charge in [0.15, 0.2) is 22.3 Å². The lowest BCUT2D eigenvalue weighted by Gasteiger charge is -2.09. The van der Waals surface area contributed by atoms with Crippen molar-refractivity contribution >= 4 is 74.2 Å². The molecule has 0 radical (unpaired) electrons. The molecule has 1 heterocycles. The SMILES string of the molecule is O=C(NC(=S)Nc1ccc2oc(-c3cc(F)c(F)cc3Cl)nc2c1)c1ccc(I)cc1. The van der Waals surface area contributed by atoms with Gasteiger partial charge in [-0.2, -0.15) is 0 Å². The highest BCUT2D eigenvalue weighted by atomic mass is 127. The molecular formula is C21H11ClF2IN3O2S. The summed E-state index contributed by atoms with van der Waals surface area (Å²) in [4.78, 5) is 16.6. The van der Waals surface area contributed by atoms with Crippen LogP contribution in [0.4, 0.5) is 14.5 Å². The molecule has 156 valence electrons. The van der Waals surface area contributed by atoms with Crippen LogP contribution in [0.15, 0.2) is 59.0 Å². The van der Waals surface area contributed by atoms with E-state index in [1.165, 1.54) is 0 Å². The van der Waals surface area contributed by atoms with Crippen molar-refractivity contribution in [2.24, 2.45) is 0 Å². The van der Waals surface area contributed by atoms with Gasteiger partial charge < -0.3 is 9.73 Å². The van der Waals surface area contributed by atoms with Crippen LogP contribution in [0.1, 0.15) is 10.4 Å².